The van der Waals surface area contributed by atoms with Crippen LogP contribution in [0, 0.1) is 0 Å². The second-order valence-electron chi connectivity index (χ2n) is 14.5. The van der Waals surface area contributed by atoms with Gasteiger partial charge in [0.25, 0.3) is 0 Å². The van der Waals surface area contributed by atoms with Gasteiger partial charge in [-0.1, -0.05) is 179 Å². The highest BCUT2D eigenvalue weighted by molar-refractivity contribution is 6.13. The van der Waals surface area contributed by atoms with Crippen molar-refractivity contribution >= 4 is 21.5 Å². The number of nitrogens with zero attached hydrogens (tertiary/aromatic N) is 3. The molecule has 1 aliphatic carbocycles. The summed E-state index contributed by atoms with van der Waals surface area (Å²) in [5.41, 5.74) is 10.6. The molecule has 0 N–H and O–H groups in total. The smallest absolute Gasteiger partial charge is 0.164 e. The van der Waals surface area contributed by atoms with Crippen LogP contribution in [0.4, 0.5) is 0 Å². The van der Waals surface area contributed by atoms with Crippen molar-refractivity contribution in [1.82, 2.24) is 15.0 Å². The Kier molecular flexibility index (Phi) is 6.82. The first kappa shape index (κ1) is 30.2. The SMILES string of the molecule is CC1(C)c2ccc3c(ccc4ccccc43)c2-c2cccc(-c3ccc(-c4nc(-c5ccccc5)nc(-c5ccccc5)n4)cc3)c2C1(C)C. The molecule has 0 bridgehead atoms. The lowest BCUT2D eigenvalue weighted by Crippen LogP contribution is -2.44. The Labute approximate surface area is 293 Å². The Balaban J connectivity index is 1.20. The molecule has 0 radical (unpaired) electrons. The molecule has 1 aliphatic rings. The Morgan fingerprint density at radius 2 is 0.880 bits per heavy atom. The van der Waals surface area contributed by atoms with Gasteiger partial charge in [-0.3, -0.25) is 0 Å². The summed E-state index contributed by atoms with van der Waals surface area (Å²) >= 11 is 0. The Hall–Kier alpha value is -5.93. The van der Waals surface area contributed by atoms with E-state index in [0.29, 0.717) is 17.5 Å². The predicted molar refractivity (Wildman–Crippen MR) is 208 cm³/mol. The number of aromatic nitrogens is 3. The molecule has 7 aromatic carbocycles. The first-order valence-corrected chi connectivity index (χ1v) is 17.4. The third kappa shape index (κ3) is 4.61. The lowest BCUT2D eigenvalue weighted by atomic mass is 9.54. The molecule has 0 saturated heterocycles. The standard InChI is InChI=1S/C47H37N3/c1-46(2)40-29-28-37-35-19-12-11-14-30(35)26-27-38(37)41(40)39-21-13-20-36(42(39)47(46,3)4)31-22-24-34(25-23-31)45-49-43(32-15-7-5-8-16-32)48-44(50-45)33-17-9-6-10-18-33/h5-29H,1-4H3. The fourth-order valence-corrected chi connectivity index (χ4v) is 7.96. The topological polar surface area (TPSA) is 38.7 Å². The van der Waals surface area contributed by atoms with Gasteiger partial charge >= 0.3 is 0 Å². The lowest BCUT2D eigenvalue weighted by Gasteiger charge is -2.49. The number of hydrogen-bond donors (Lipinski definition) is 0. The van der Waals surface area contributed by atoms with Crippen molar-refractivity contribution in [3.05, 3.63) is 163 Å². The molecule has 0 fully saturated rings. The second-order valence-corrected chi connectivity index (χ2v) is 14.5. The lowest BCUT2D eigenvalue weighted by molar-refractivity contribution is 0.300. The molecule has 9 rings (SSSR count). The number of benzene rings is 7. The third-order valence-corrected chi connectivity index (χ3v) is 11.3. The minimum Gasteiger partial charge on any atom is -0.208 e. The van der Waals surface area contributed by atoms with E-state index in [1.54, 1.807) is 0 Å². The molecule has 3 nitrogen and oxygen atoms in total. The summed E-state index contributed by atoms with van der Waals surface area (Å²) in [6.45, 7) is 9.66. The van der Waals surface area contributed by atoms with Gasteiger partial charge in [-0.15, -0.1) is 0 Å². The van der Waals surface area contributed by atoms with Gasteiger partial charge in [-0.05, 0) is 60.3 Å². The minimum absolute atomic E-state index is 0.113. The van der Waals surface area contributed by atoms with Crippen LogP contribution in [0.1, 0.15) is 38.8 Å². The third-order valence-electron chi connectivity index (χ3n) is 11.3. The Morgan fingerprint density at radius 3 is 1.52 bits per heavy atom. The molecule has 0 saturated carbocycles. The summed E-state index contributed by atoms with van der Waals surface area (Å²) in [5, 5.41) is 5.19. The van der Waals surface area contributed by atoms with Crippen LogP contribution in [0.2, 0.25) is 0 Å². The van der Waals surface area contributed by atoms with Gasteiger partial charge < -0.3 is 0 Å². The Bertz CT molecular complexity index is 2510. The van der Waals surface area contributed by atoms with Gasteiger partial charge in [0.2, 0.25) is 0 Å². The van der Waals surface area contributed by atoms with Crippen molar-refractivity contribution in [3.63, 3.8) is 0 Å². The molecule has 8 aromatic rings. The number of fused-ring (bicyclic) bond motifs is 7. The maximum absolute atomic E-state index is 4.97. The van der Waals surface area contributed by atoms with Gasteiger partial charge in [-0.25, -0.2) is 15.0 Å². The van der Waals surface area contributed by atoms with Crippen molar-refractivity contribution < 1.29 is 0 Å². The molecular weight excluding hydrogens is 607 g/mol. The highest BCUT2D eigenvalue weighted by Crippen LogP contribution is 2.57. The molecule has 0 atom stereocenters. The van der Waals surface area contributed by atoms with Crippen LogP contribution >= 0.6 is 0 Å². The van der Waals surface area contributed by atoms with E-state index in [1.807, 2.05) is 60.7 Å². The van der Waals surface area contributed by atoms with Crippen LogP contribution in [0.25, 0.3) is 78.0 Å². The van der Waals surface area contributed by atoms with E-state index in [2.05, 4.69) is 119 Å². The van der Waals surface area contributed by atoms with Gasteiger partial charge in [0.05, 0.1) is 0 Å². The molecule has 240 valence electrons. The van der Waals surface area contributed by atoms with Crippen LogP contribution < -0.4 is 0 Å². The van der Waals surface area contributed by atoms with E-state index in [9.17, 15) is 0 Å². The average molecular weight is 644 g/mol. The van der Waals surface area contributed by atoms with Gasteiger partial charge in [0.15, 0.2) is 17.5 Å². The van der Waals surface area contributed by atoms with Gasteiger partial charge in [0.1, 0.15) is 0 Å². The van der Waals surface area contributed by atoms with Crippen molar-refractivity contribution in [2.75, 3.05) is 0 Å². The van der Waals surface area contributed by atoms with E-state index in [-0.39, 0.29) is 10.8 Å². The first-order chi connectivity index (χ1) is 24.3. The second kappa shape index (κ2) is 11.3. The Morgan fingerprint density at radius 1 is 0.360 bits per heavy atom. The highest BCUT2D eigenvalue weighted by atomic mass is 15.0. The fourth-order valence-electron chi connectivity index (χ4n) is 7.96. The van der Waals surface area contributed by atoms with Gasteiger partial charge in [-0.2, -0.15) is 0 Å². The van der Waals surface area contributed by atoms with E-state index < -0.39 is 0 Å². The summed E-state index contributed by atoms with van der Waals surface area (Å²) in [6, 6.07) is 54.0. The maximum atomic E-state index is 4.97. The zero-order valence-corrected chi connectivity index (χ0v) is 28.8. The van der Waals surface area contributed by atoms with Crippen molar-refractivity contribution in [1.29, 1.82) is 0 Å². The summed E-state index contributed by atoms with van der Waals surface area (Å²) < 4.78 is 0. The van der Waals surface area contributed by atoms with Gasteiger partial charge in [0, 0.05) is 22.1 Å². The molecule has 50 heavy (non-hydrogen) atoms. The van der Waals surface area contributed by atoms with Crippen LogP contribution in [0.5, 0.6) is 0 Å². The van der Waals surface area contributed by atoms with E-state index in [4.69, 9.17) is 15.0 Å². The van der Waals surface area contributed by atoms with Crippen LogP contribution in [-0.2, 0) is 10.8 Å². The van der Waals surface area contributed by atoms with Crippen molar-refractivity contribution in [2.24, 2.45) is 0 Å². The molecule has 0 spiro atoms. The minimum atomic E-state index is -0.140. The van der Waals surface area contributed by atoms with Crippen LogP contribution in [-0.4, -0.2) is 15.0 Å². The largest absolute Gasteiger partial charge is 0.208 e. The molecule has 0 unspecified atom stereocenters. The normalized spacial score (nSPS) is 14.3. The zero-order chi connectivity index (χ0) is 34.0. The molecule has 1 heterocycles. The van der Waals surface area contributed by atoms with Crippen molar-refractivity contribution in [3.8, 4) is 56.4 Å². The van der Waals surface area contributed by atoms with E-state index in [1.165, 1.54) is 54.9 Å². The molecular formula is C47H37N3. The molecule has 0 amide bonds. The summed E-state index contributed by atoms with van der Waals surface area (Å²) in [4.78, 5) is 14.8. The highest BCUT2D eigenvalue weighted by Gasteiger charge is 2.47. The monoisotopic (exact) mass is 643 g/mol. The summed E-state index contributed by atoms with van der Waals surface area (Å²) in [6.07, 6.45) is 0. The fraction of sp³-hybridized carbons (Fsp3) is 0.128. The van der Waals surface area contributed by atoms with E-state index in [0.717, 1.165) is 16.7 Å². The van der Waals surface area contributed by atoms with Crippen LogP contribution in [0.3, 0.4) is 0 Å². The molecule has 1 aromatic heterocycles. The average Bonchev–Trinajstić information content (AvgIpc) is 3.17. The first-order valence-electron chi connectivity index (χ1n) is 17.4. The summed E-state index contributed by atoms with van der Waals surface area (Å²) in [7, 11) is 0. The number of rotatable bonds is 4. The number of hydrogen-bond acceptors (Lipinski definition) is 3. The summed E-state index contributed by atoms with van der Waals surface area (Å²) in [5.74, 6) is 1.99. The molecule has 3 heteroatoms. The van der Waals surface area contributed by atoms with Crippen molar-refractivity contribution in [2.45, 2.75) is 38.5 Å². The van der Waals surface area contributed by atoms with E-state index >= 15 is 0 Å². The maximum Gasteiger partial charge on any atom is 0.164 e. The zero-order valence-electron chi connectivity index (χ0n) is 28.8. The quantitative estimate of drug-likeness (QED) is 0.179. The van der Waals surface area contributed by atoms with Crippen LogP contribution in [0.15, 0.2) is 152 Å². The molecule has 0 aliphatic heterocycles. The predicted octanol–water partition coefficient (Wildman–Crippen LogP) is 12.1.